The molecule has 0 amide bonds. The predicted octanol–water partition coefficient (Wildman–Crippen LogP) is 1.40. The van der Waals surface area contributed by atoms with Crippen LogP contribution in [0.1, 0.15) is 26.6 Å². The highest BCUT2D eigenvalue weighted by Crippen LogP contribution is 2.25. The minimum atomic E-state index is -0.859. The third kappa shape index (κ3) is 3.99. The van der Waals surface area contributed by atoms with E-state index >= 15 is 0 Å². The smallest absolute Gasteiger partial charge is 0.313 e. The Labute approximate surface area is 111 Å². The van der Waals surface area contributed by atoms with Gasteiger partial charge in [-0.25, -0.2) is 0 Å². The Kier molecular flexibility index (Phi) is 5.15. The molecule has 0 aliphatic rings. The summed E-state index contributed by atoms with van der Waals surface area (Å²) in [6, 6.07) is 0. The number of aromatic nitrogens is 3. The molecular formula is C11H19N3O3S. The zero-order valence-corrected chi connectivity index (χ0v) is 12.0. The van der Waals surface area contributed by atoms with E-state index in [4.69, 9.17) is 9.84 Å². The fraction of sp³-hybridized carbons (Fsp3) is 0.727. The lowest BCUT2D eigenvalue weighted by atomic mass is 10.1. The largest absolute Gasteiger partial charge is 0.481 e. The van der Waals surface area contributed by atoms with Gasteiger partial charge in [0.2, 0.25) is 0 Å². The minimum absolute atomic E-state index is 0.0154. The molecule has 0 bridgehead atoms. The van der Waals surface area contributed by atoms with Gasteiger partial charge in [-0.3, -0.25) is 4.79 Å². The van der Waals surface area contributed by atoms with Gasteiger partial charge in [0.05, 0.1) is 12.4 Å². The predicted molar refractivity (Wildman–Crippen MR) is 69.0 cm³/mol. The van der Waals surface area contributed by atoms with E-state index in [1.807, 2.05) is 25.3 Å². The Morgan fingerprint density at radius 1 is 1.44 bits per heavy atom. The van der Waals surface area contributed by atoms with Gasteiger partial charge in [0.25, 0.3) is 0 Å². The van der Waals surface area contributed by atoms with Crippen molar-refractivity contribution in [2.45, 2.75) is 37.9 Å². The van der Waals surface area contributed by atoms with Gasteiger partial charge in [-0.2, -0.15) is 0 Å². The maximum atomic E-state index is 10.6. The first-order valence-corrected chi connectivity index (χ1v) is 6.63. The van der Waals surface area contributed by atoms with Gasteiger partial charge in [-0.1, -0.05) is 11.8 Å². The van der Waals surface area contributed by atoms with Crippen molar-refractivity contribution in [1.82, 2.24) is 14.8 Å². The number of carboxylic acids is 1. The van der Waals surface area contributed by atoms with Crippen LogP contribution in [0.25, 0.3) is 0 Å². The highest BCUT2D eigenvalue weighted by Gasteiger charge is 2.23. The average Bonchev–Trinajstić information content (AvgIpc) is 2.66. The quantitative estimate of drug-likeness (QED) is 0.789. The highest BCUT2D eigenvalue weighted by molar-refractivity contribution is 7.99. The fourth-order valence-corrected chi connectivity index (χ4v) is 2.41. The summed E-state index contributed by atoms with van der Waals surface area (Å²) in [5, 5.41) is 17.5. The van der Waals surface area contributed by atoms with Crippen molar-refractivity contribution in [3.05, 3.63) is 5.82 Å². The van der Waals surface area contributed by atoms with Gasteiger partial charge in [-0.15, -0.1) is 10.2 Å². The maximum Gasteiger partial charge on any atom is 0.313 e. The normalized spacial score (nSPS) is 11.8. The fourth-order valence-electron chi connectivity index (χ4n) is 1.55. The van der Waals surface area contributed by atoms with E-state index in [9.17, 15) is 4.79 Å². The lowest BCUT2D eigenvalue weighted by Crippen LogP contribution is -2.26. The number of ether oxygens (including phenoxy) is 1. The van der Waals surface area contributed by atoms with Crippen molar-refractivity contribution in [2.75, 3.05) is 19.5 Å². The maximum absolute atomic E-state index is 10.6. The van der Waals surface area contributed by atoms with Crippen LogP contribution in [-0.4, -0.2) is 45.3 Å². The van der Waals surface area contributed by atoms with Crippen LogP contribution in [0.2, 0.25) is 0 Å². The summed E-state index contributed by atoms with van der Waals surface area (Å²) in [6.45, 7) is 6.68. The van der Waals surface area contributed by atoms with Gasteiger partial charge in [0.1, 0.15) is 5.82 Å². The number of carbonyl (C=O) groups is 1. The van der Waals surface area contributed by atoms with Gasteiger partial charge in [0, 0.05) is 19.1 Å². The summed E-state index contributed by atoms with van der Waals surface area (Å²) in [7, 11) is 1.64. The average molecular weight is 273 g/mol. The third-order valence-corrected chi connectivity index (χ3v) is 3.14. The monoisotopic (exact) mass is 273 g/mol. The second-order valence-electron chi connectivity index (χ2n) is 4.83. The molecule has 1 N–H and O–H groups in total. The number of carboxylic acid groups (broad SMARTS) is 1. The lowest BCUT2D eigenvalue weighted by molar-refractivity contribution is -0.133. The van der Waals surface area contributed by atoms with E-state index in [-0.39, 0.29) is 11.3 Å². The van der Waals surface area contributed by atoms with E-state index in [1.54, 1.807) is 7.11 Å². The van der Waals surface area contributed by atoms with Crippen molar-refractivity contribution >= 4 is 17.7 Å². The van der Waals surface area contributed by atoms with Gasteiger partial charge >= 0.3 is 5.97 Å². The van der Waals surface area contributed by atoms with Crippen LogP contribution < -0.4 is 0 Å². The topological polar surface area (TPSA) is 77.2 Å². The van der Waals surface area contributed by atoms with Crippen molar-refractivity contribution in [3.8, 4) is 0 Å². The van der Waals surface area contributed by atoms with Gasteiger partial charge in [-0.05, 0) is 20.8 Å². The zero-order chi connectivity index (χ0) is 13.8. The molecule has 0 aliphatic carbocycles. The Balaban J connectivity index is 2.96. The van der Waals surface area contributed by atoms with Crippen LogP contribution >= 0.6 is 11.8 Å². The first-order chi connectivity index (χ1) is 8.36. The summed E-state index contributed by atoms with van der Waals surface area (Å²) in [5.74, 6) is -0.0578. The number of methoxy groups -OCH3 is 1. The molecule has 1 rings (SSSR count). The molecule has 1 aromatic rings. The number of hydrogen-bond donors (Lipinski definition) is 1. The molecular weight excluding hydrogens is 254 g/mol. The molecule has 0 aromatic carbocycles. The second-order valence-corrected chi connectivity index (χ2v) is 5.77. The molecule has 0 saturated heterocycles. The van der Waals surface area contributed by atoms with Gasteiger partial charge < -0.3 is 14.4 Å². The summed E-state index contributed by atoms with van der Waals surface area (Å²) >= 11 is 1.19. The van der Waals surface area contributed by atoms with E-state index in [0.717, 1.165) is 5.82 Å². The Bertz CT molecular complexity index is 412. The number of thioether (sulfide) groups is 1. The van der Waals surface area contributed by atoms with E-state index < -0.39 is 5.97 Å². The van der Waals surface area contributed by atoms with Crippen molar-refractivity contribution in [3.63, 3.8) is 0 Å². The Hall–Kier alpha value is -1.08. The molecule has 0 radical (unpaired) electrons. The summed E-state index contributed by atoms with van der Waals surface area (Å²) in [5.41, 5.74) is -0.187. The standard InChI is InChI=1S/C11H19N3O3S/c1-11(2,3)14-8(5-6-17-4)12-13-10(14)18-7-9(15)16/h5-7H2,1-4H3,(H,15,16). The molecule has 1 heterocycles. The first kappa shape index (κ1) is 15.0. The minimum Gasteiger partial charge on any atom is -0.481 e. The molecule has 0 unspecified atom stereocenters. The summed E-state index contributed by atoms with van der Waals surface area (Å²) < 4.78 is 7.01. The molecule has 6 nitrogen and oxygen atoms in total. The van der Waals surface area contributed by atoms with Crippen LogP contribution in [0.4, 0.5) is 0 Å². The van der Waals surface area contributed by atoms with Crippen LogP contribution in [0, 0.1) is 0 Å². The Morgan fingerprint density at radius 2 is 2.11 bits per heavy atom. The molecule has 0 aliphatic heterocycles. The zero-order valence-electron chi connectivity index (χ0n) is 11.1. The second kappa shape index (κ2) is 6.19. The SMILES string of the molecule is COCCc1nnc(SCC(=O)O)n1C(C)(C)C. The van der Waals surface area contributed by atoms with Crippen LogP contribution in [0.3, 0.4) is 0 Å². The molecule has 7 heteroatoms. The lowest BCUT2D eigenvalue weighted by Gasteiger charge is -2.24. The van der Waals surface area contributed by atoms with Crippen molar-refractivity contribution in [1.29, 1.82) is 0 Å². The molecule has 1 aromatic heterocycles. The van der Waals surface area contributed by atoms with Crippen molar-refractivity contribution in [2.24, 2.45) is 0 Å². The Morgan fingerprint density at radius 3 is 2.61 bits per heavy atom. The third-order valence-electron chi connectivity index (χ3n) is 2.23. The van der Waals surface area contributed by atoms with E-state index in [1.165, 1.54) is 11.8 Å². The van der Waals surface area contributed by atoms with E-state index in [0.29, 0.717) is 18.2 Å². The van der Waals surface area contributed by atoms with Crippen LogP contribution in [-0.2, 0) is 21.5 Å². The van der Waals surface area contributed by atoms with Crippen LogP contribution in [0.15, 0.2) is 5.16 Å². The van der Waals surface area contributed by atoms with Gasteiger partial charge in [0.15, 0.2) is 5.16 Å². The first-order valence-electron chi connectivity index (χ1n) is 5.64. The number of nitrogens with zero attached hydrogens (tertiary/aromatic N) is 3. The van der Waals surface area contributed by atoms with Crippen LogP contribution in [0.5, 0.6) is 0 Å². The van der Waals surface area contributed by atoms with Crippen molar-refractivity contribution < 1.29 is 14.6 Å². The number of rotatable bonds is 6. The molecule has 0 saturated carbocycles. The number of aliphatic carboxylic acids is 1. The molecule has 0 fully saturated rings. The summed E-state index contributed by atoms with van der Waals surface area (Å²) in [6.07, 6.45) is 0.661. The number of hydrogen-bond acceptors (Lipinski definition) is 5. The molecule has 102 valence electrons. The molecule has 0 spiro atoms. The highest BCUT2D eigenvalue weighted by atomic mass is 32.2. The molecule has 18 heavy (non-hydrogen) atoms. The summed E-state index contributed by atoms with van der Waals surface area (Å²) in [4.78, 5) is 10.6. The van der Waals surface area contributed by atoms with E-state index in [2.05, 4.69) is 10.2 Å². The molecule has 0 atom stereocenters.